The number of esters is 1. The predicted octanol–water partition coefficient (Wildman–Crippen LogP) is 4.02. The van der Waals surface area contributed by atoms with Gasteiger partial charge in [-0.1, -0.05) is 12.1 Å². The molecule has 0 aliphatic heterocycles. The van der Waals surface area contributed by atoms with Crippen molar-refractivity contribution in [3.8, 4) is 0 Å². The van der Waals surface area contributed by atoms with Gasteiger partial charge in [0.05, 0.1) is 12.2 Å². The van der Waals surface area contributed by atoms with Crippen LogP contribution in [0, 0.1) is 12.7 Å². The number of thiophene rings is 1. The molecule has 23 heavy (non-hydrogen) atoms. The average molecular weight is 333 g/mol. The summed E-state index contributed by atoms with van der Waals surface area (Å²) in [6.45, 7) is 3.84. The van der Waals surface area contributed by atoms with Crippen molar-refractivity contribution in [3.05, 3.63) is 58.2 Å². The van der Waals surface area contributed by atoms with Crippen LogP contribution >= 0.6 is 11.3 Å². The number of carbonyl (C=O) groups excluding carboxylic acids is 2. The van der Waals surface area contributed by atoms with E-state index in [1.165, 1.54) is 29.5 Å². The summed E-state index contributed by atoms with van der Waals surface area (Å²) in [6, 6.07) is 7.46. The summed E-state index contributed by atoms with van der Waals surface area (Å²) in [5.41, 5.74) is 1.05. The number of amides is 1. The third-order valence-electron chi connectivity index (χ3n) is 2.88. The van der Waals surface area contributed by atoms with Crippen LogP contribution in [-0.2, 0) is 9.53 Å². The van der Waals surface area contributed by atoms with Gasteiger partial charge in [0.25, 0.3) is 0 Å². The summed E-state index contributed by atoms with van der Waals surface area (Å²) in [4.78, 5) is 24.7. The van der Waals surface area contributed by atoms with Crippen LogP contribution in [0.3, 0.4) is 0 Å². The molecule has 1 aromatic heterocycles. The number of halogens is 1. The van der Waals surface area contributed by atoms with Crippen molar-refractivity contribution in [3.63, 3.8) is 0 Å². The highest BCUT2D eigenvalue weighted by atomic mass is 32.1. The zero-order valence-electron chi connectivity index (χ0n) is 12.8. The molecule has 0 unspecified atom stereocenters. The van der Waals surface area contributed by atoms with Crippen LogP contribution in [0.5, 0.6) is 0 Å². The van der Waals surface area contributed by atoms with E-state index in [9.17, 15) is 14.0 Å². The van der Waals surface area contributed by atoms with Gasteiger partial charge in [-0.2, -0.15) is 0 Å². The largest absolute Gasteiger partial charge is 0.462 e. The summed E-state index contributed by atoms with van der Waals surface area (Å²) in [5, 5.41) is 3.12. The van der Waals surface area contributed by atoms with Crippen molar-refractivity contribution >= 4 is 34.3 Å². The molecule has 6 heteroatoms. The second-order valence-electron chi connectivity index (χ2n) is 4.69. The first-order valence-electron chi connectivity index (χ1n) is 7.01. The average Bonchev–Trinajstić information content (AvgIpc) is 2.87. The number of anilines is 1. The highest BCUT2D eigenvalue weighted by Gasteiger charge is 2.17. The molecule has 0 aliphatic carbocycles. The van der Waals surface area contributed by atoms with Crippen LogP contribution in [0.25, 0.3) is 6.08 Å². The maximum atomic E-state index is 12.8. The highest BCUT2D eigenvalue weighted by Crippen LogP contribution is 2.28. The minimum absolute atomic E-state index is 0.269. The monoisotopic (exact) mass is 333 g/mol. The van der Waals surface area contributed by atoms with Crippen LogP contribution in [-0.4, -0.2) is 18.5 Å². The van der Waals surface area contributed by atoms with Gasteiger partial charge in [0.1, 0.15) is 10.8 Å². The molecular formula is C17H16FNO3S. The Hall–Kier alpha value is -2.47. The Morgan fingerprint density at radius 2 is 2.00 bits per heavy atom. The van der Waals surface area contributed by atoms with Crippen molar-refractivity contribution in [2.75, 3.05) is 11.9 Å². The molecule has 0 saturated heterocycles. The van der Waals surface area contributed by atoms with Gasteiger partial charge in [-0.3, -0.25) is 4.79 Å². The van der Waals surface area contributed by atoms with E-state index in [0.29, 0.717) is 16.1 Å². The Bertz CT molecular complexity index is 735. The Morgan fingerprint density at radius 3 is 2.65 bits per heavy atom. The molecule has 2 rings (SSSR count). The first-order valence-corrected chi connectivity index (χ1v) is 7.83. The normalized spacial score (nSPS) is 10.7. The third-order valence-corrected chi connectivity index (χ3v) is 3.85. The molecule has 1 aromatic carbocycles. The Kier molecular flexibility index (Phi) is 5.65. The molecule has 1 N–H and O–H groups in total. The minimum Gasteiger partial charge on any atom is -0.462 e. The van der Waals surface area contributed by atoms with Crippen molar-refractivity contribution < 1.29 is 18.7 Å². The van der Waals surface area contributed by atoms with Crippen molar-refractivity contribution in [1.29, 1.82) is 0 Å². The summed E-state index contributed by atoms with van der Waals surface area (Å²) >= 11 is 1.30. The van der Waals surface area contributed by atoms with Gasteiger partial charge in [-0.25, -0.2) is 9.18 Å². The molecule has 0 radical (unpaired) electrons. The van der Waals surface area contributed by atoms with Gasteiger partial charge < -0.3 is 10.1 Å². The number of benzene rings is 1. The SMILES string of the molecule is CCOC(=O)c1cc(C)sc1NC(=O)/C=C/c1ccc(F)cc1. The number of ether oxygens (including phenoxy) is 1. The van der Waals surface area contributed by atoms with Gasteiger partial charge in [-0.15, -0.1) is 11.3 Å². The predicted molar refractivity (Wildman–Crippen MR) is 89.1 cm³/mol. The molecule has 0 saturated carbocycles. The molecule has 2 aromatic rings. The number of carbonyl (C=O) groups is 2. The minimum atomic E-state index is -0.463. The van der Waals surface area contributed by atoms with Crippen LogP contribution in [0.2, 0.25) is 0 Å². The maximum Gasteiger partial charge on any atom is 0.341 e. The first kappa shape index (κ1) is 16.9. The number of aryl methyl sites for hydroxylation is 1. The van der Waals surface area contributed by atoms with E-state index in [0.717, 1.165) is 4.88 Å². The van der Waals surface area contributed by atoms with Crippen molar-refractivity contribution in [2.45, 2.75) is 13.8 Å². The zero-order chi connectivity index (χ0) is 16.8. The quantitative estimate of drug-likeness (QED) is 0.664. The third kappa shape index (κ3) is 4.75. The molecule has 0 atom stereocenters. The Morgan fingerprint density at radius 1 is 1.30 bits per heavy atom. The number of nitrogens with one attached hydrogen (secondary N) is 1. The van der Waals surface area contributed by atoms with Crippen LogP contribution in [0.1, 0.15) is 27.7 Å². The van der Waals surface area contributed by atoms with E-state index < -0.39 is 5.97 Å². The van der Waals surface area contributed by atoms with Gasteiger partial charge in [-0.05, 0) is 43.7 Å². The second kappa shape index (κ2) is 7.69. The Balaban J connectivity index is 2.08. The molecule has 0 aliphatic rings. The fourth-order valence-electron chi connectivity index (χ4n) is 1.87. The summed E-state index contributed by atoms with van der Waals surface area (Å²) < 4.78 is 17.8. The molecule has 1 amide bonds. The lowest BCUT2D eigenvalue weighted by atomic mass is 10.2. The lowest BCUT2D eigenvalue weighted by Crippen LogP contribution is -2.11. The molecular weight excluding hydrogens is 317 g/mol. The molecule has 0 bridgehead atoms. The fourth-order valence-corrected chi connectivity index (χ4v) is 2.77. The van der Waals surface area contributed by atoms with E-state index in [-0.39, 0.29) is 18.3 Å². The van der Waals surface area contributed by atoms with E-state index in [2.05, 4.69) is 5.32 Å². The maximum absolute atomic E-state index is 12.8. The molecule has 0 fully saturated rings. The molecule has 4 nitrogen and oxygen atoms in total. The van der Waals surface area contributed by atoms with Crippen LogP contribution in [0.15, 0.2) is 36.4 Å². The van der Waals surface area contributed by atoms with Gasteiger partial charge >= 0.3 is 5.97 Å². The summed E-state index contributed by atoms with van der Waals surface area (Å²) in [7, 11) is 0. The molecule has 1 heterocycles. The van der Waals surface area contributed by atoms with Gasteiger partial charge in [0.15, 0.2) is 0 Å². The summed E-state index contributed by atoms with van der Waals surface area (Å²) in [6.07, 6.45) is 2.90. The zero-order valence-corrected chi connectivity index (χ0v) is 13.6. The smallest absolute Gasteiger partial charge is 0.341 e. The van der Waals surface area contributed by atoms with E-state index in [1.54, 1.807) is 31.2 Å². The van der Waals surface area contributed by atoms with Crippen LogP contribution in [0.4, 0.5) is 9.39 Å². The van der Waals surface area contributed by atoms with Crippen molar-refractivity contribution in [1.82, 2.24) is 0 Å². The van der Waals surface area contributed by atoms with E-state index in [4.69, 9.17) is 4.74 Å². The van der Waals surface area contributed by atoms with Gasteiger partial charge in [0, 0.05) is 11.0 Å². The number of hydrogen-bond acceptors (Lipinski definition) is 4. The standard InChI is InChI=1S/C17H16FNO3S/c1-3-22-17(21)14-10-11(2)23-16(14)19-15(20)9-6-12-4-7-13(18)8-5-12/h4-10H,3H2,1-2H3,(H,19,20)/b9-6+. The number of hydrogen-bond donors (Lipinski definition) is 1. The Labute approximate surface area is 137 Å². The molecule has 0 spiro atoms. The highest BCUT2D eigenvalue weighted by molar-refractivity contribution is 7.16. The fraction of sp³-hybridized carbons (Fsp3) is 0.176. The number of rotatable bonds is 5. The first-order chi connectivity index (χ1) is 11.0. The second-order valence-corrected chi connectivity index (χ2v) is 5.95. The molecule has 120 valence electrons. The van der Waals surface area contributed by atoms with E-state index in [1.807, 2.05) is 6.92 Å². The summed E-state index contributed by atoms with van der Waals surface area (Å²) in [5.74, 6) is -1.17. The van der Waals surface area contributed by atoms with Gasteiger partial charge in [0.2, 0.25) is 5.91 Å². The topological polar surface area (TPSA) is 55.4 Å². The van der Waals surface area contributed by atoms with E-state index >= 15 is 0 Å². The van der Waals surface area contributed by atoms with Crippen molar-refractivity contribution in [2.24, 2.45) is 0 Å². The lowest BCUT2D eigenvalue weighted by molar-refractivity contribution is -0.111. The van der Waals surface area contributed by atoms with Crippen LogP contribution < -0.4 is 5.32 Å². The lowest BCUT2D eigenvalue weighted by Gasteiger charge is -2.03.